The smallest absolute Gasteiger partial charge is 0.264 e. The molecule has 2 atom stereocenters. The third-order valence-corrected chi connectivity index (χ3v) is 8.10. The molecule has 33 heavy (non-hydrogen) atoms. The minimum atomic E-state index is -3.76. The lowest BCUT2D eigenvalue weighted by Gasteiger charge is -2.33. The number of nitrogens with zero attached hydrogens (tertiary/aromatic N) is 2. The average Bonchev–Trinajstić information content (AvgIpc) is 3.21. The number of rotatable bonds is 8. The molecule has 2 heterocycles. The maximum Gasteiger partial charge on any atom is 0.264 e. The summed E-state index contributed by atoms with van der Waals surface area (Å²) < 4.78 is 35.3. The van der Waals surface area contributed by atoms with E-state index in [9.17, 15) is 8.42 Å². The summed E-state index contributed by atoms with van der Waals surface area (Å²) in [6, 6.07) is 13.1. The summed E-state index contributed by atoms with van der Waals surface area (Å²) in [4.78, 5) is 0.286. The Bertz CT molecular complexity index is 1080. The summed E-state index contributed by atoms with van der Waals surface area (Å²) in [5.41, 5.74) is 7.18. The number of ether oxygens (including phenoxy) is 1. The molecular weight excluding hydrogens is 434 g/mol. The van der Waals surface area contributed by atoms with Gasteiger partial charge in [0.15, 0.2) is 0 Å². The maximum atomic E-state index is 13.9. The molecule has 7 heteroatoms. The molecular formula is C26H35N3O3S. The Labute approximate surface area is 198 Å². The highest BCUT2D eigenvalue weighted by atomic mass is 32.2. The molecule has 2 aliphatic rings. The van der Waals surface area contributed by atoms with Gasteiger partial charge in [0.05, 0.1) is 22.3 Å². The van der Waals surface area contributed by atoms with Gasteiger partial charge in [-0.2, -0.15) is 0 Å². The van der Waals surface area contributed by atoms with Gasteiger partial charge in [0.2, 0.25) is 0 Å². The van der Waals surface area contributed by atoms with E-state index in [1.807, 2.05) is 55.3 Å². The van der Waals surface area contributed by atoms with Crippen molar-refractivity contribution in [3.63, 3.8) is 0 Å². The second kappa shape index (κ2) is 9.87. The van der Waals surface area contributed by atoms with Crippen molar-refractivity contribution in [3.05, 3.63) is 66.2 Å². The van der Waals surface area contributed by atoms with Crippen molar-refractivity contribution in [2.75, 3.05) is 22.5 Å². The average molecular weight is 470 g/mol. The van der Waals surface area contributed by atoms with E-state index in [4.69, 9.17) is 4.74 Å². The van der Waals surface area contributed by atoms with Crippen LogP contribution in [0.1, 0.15) is 57.2 Å². The normalized spacial score (nSPS) is 20.7. The summed E-state index contributed by atoms with van der Waals surface area (Å²) in [5.74, 6) is 0.180. The van der Waals surface area contributed by atoms with Crippen LogP contribution in [0.3, 0.4) is 0 Å². The highest BCUT2D eigenvalue weighted by molar-refractivity contribution is 7.92. The molecule has 1 N–H and O–H groups in total. The van der Waals surface area contributed by atoms with Crippen LogP contribution in [0.4, 0.5) is 11.4 Å². The van der Waals surface area contributed by atoms with Crippen molar-refractivity contribution >= 4 is 21.4 Å². The quantitative estimate of drug-likeness (QED) is 0.540. The fourth-order valence-corrected chi connectivity index (χ4v) is 6.14. The third kappa shape index (κ3) is 4.81. The van der Waals surface area contributed by atoms with Gasteiger partial charge in [-0.05, 0) is 67.0 Å². The molecule has 1 fully saturated rings. The van der Waals surface area contributed by atoms with Gasteiger partial charge in [0, 0.05) is 13.2 Å². The van der Waals surface area contributed by atoms with Gasteiger partial charge in [0.25, 0.3) is 10.0 Å². The predicted molar refractivity (Wildman–Crippen MR) is 134 cm³/mol. The van der Waals surface area contributed by atoms with E-state index in [-0.39, 0.29) is 23.1 Å². The highest BCUT2D eigenvalue weighted by Gasteiger charge is 2.35. The largest absolute Gasteiger partial charge is 0.357 e. The summed E-state index contributed by atoms with van der Waals surface area (Å²) in [5, 5.41) is 1.99. The van der Waals surface area contributed by atoms with E-state index in [0.717, 1.165) is 36.9 Å². The molecule has 2 aromatic carbocycles. The fourth-order valence-electron chi connectivity index (χ4n) is 4.49. The first-order valence-electron chi connectivity index (χ1n) is 11.9. The van der Waals surface area contributed by atoms with Crippen molar-refractivity contribution < 1.29 is 13.2 Å². The molecule has 0 radical (unpaired) electrons. The molecule has 0 aliphatic carbocycles. The van der Waals surface area contributed by atoms with E-state index < -0.39 is 10.0 Å². The molecule has 4 rings (SSSR count). The van der Waals surface area contributed by atoms with Gasteiger partial charge in [-0.25, -0.2) is 13.8 Å². The summed E-state index contributed by atoms with van der Waals surface area (Å²) >= 11 is 0. The van der Waals surface area contributed by atoms with Crippen molar-refractivity contribution in [3.8, 4) is 0 Å². The SMILES string of the molecule is C=CC1NN(C2CCCCO2)c2cc(S(=O)(=O)N(CC(C)C)c3ccc(CC)cc3)ccc21. The Morgan fingerprint density at radius 3 is 2.58 bits per heavy atom. The zero-order chi connectivity index (χ0) is 23.6. The van der Waals surface area contributed by atoms with E-state index >= 15 is 0 Å². The number of hydrogen-bond acceptors (Lipinski definition) is 5. The van der Waals surface area contributed by atoms with E-state index in [0.29, 0.717) is 18.8 Å². The van der Waals surface area contributed by atoms with Gasteiger partial charge >= 0.3 is 0 Å². The van der Waals surface area contributed by atoms with E-state index in [2.05, 4.69) is 18.9 Å². The van der Waals surface area contributed by atoms with Crippen LogP contribution in [0, 0.1) is 5.92 Å². The van der Waals surface area contributed by atoms with E-state index in [1.54, 1.807) is 12.1 Å². The Balaban J connectivity index is 1.73. The lowest BCUT2D eigenvalue weighted by Crippen LogP contribution is -2.45. The van der Waals surface area contributed by atoms with Crippen LogP contribution in [-0.2, 0) is 21.2 Å². The van der Waals surface area contributed by atoms with Crippen LogP contribution in [0.5, 0.6) is 0 Å². The Kier molecular flexibility index (Phi) is 7.12. The van der Waals surface area contributed by atoms with Crippen molar-refractivity contribution in [1.82, 2.24) is 5.43 Å². The van der Waals surface area contributed by atoms with Crippen molar-refractivity contribution in [2.24, 2.45) is 5.92 Å². The van der Waals surface area contributed by atoms with Crippen LogP contribution in [0.15, 0.2) is 60.0 Å². The first-order chi connectivity index (χ1) is 15.8. The molecule has 6 nitrogen and oxygen atoms in total. The molecule has 2 aliphatic heterocycles. The van der Waals surface area contributed by atoms with Gasteiger partial charge in [0.1, 0.15) is 6.23 Å². The number of aryl methyl sites for hydroxylation is 1. The Morgan fingerprint density at radius 2 is 1.97 bits per heavy atom. The molecule has 0 aromatic heterocycles. The number of sulfonamides is 1. The molecule has 0 amide bonds. The summed E-state index contributed by atoms with van der Waals surface area (Å²) in [7, 11) is -3.76. The molecule has 2 aromatic rings. The first-order valence-corrected chi connectivity index (χ1v) is 13.3. The lowest BCUT2D eigenvalue weighted by atomic mass is 10.1. The Morgan fingerprint density at radius 1 is 1.21 bits per heavy atom. The topological polar surface area (TPSA) is 61.9 Å². The number of nitrogens with one attached hydrogen (secondary N) is 1. The van der Waals surface area contributed by atoms with Gasteiger partial charge in [-0.3, -0.25) is 9.31 Å². The number of hydrazine groups is 1. The maximum absolute atomic E-state index is 13.9. The van der Waals surface area contributed by atoms with Crippen LogP contribution in [0.2, 0.25) is 0 Å². The summed E-state index contributed by atoms with van der Waals surface area (Å²) in [6.45, 7) is 11.2. The molecule has 0 saturated carbocycles. The molecule has 1 saturated heterocycles. The lowest BCUT2D eigenvalue weighted by molar-refractivity contribution is 0.00867. The van der Waals surface area contributed by atoms with Crippen LogP contribution in [0.25, 0.3) is 0 Å². The van der Waals surface area contributed by atoms with Gasteiger partial charge in [-0.15, -0.1) is 6.58 Å². The van der Waals surface area contributed by atoms with Crippen LogP contribution < -0.4 is 14.7 Å². The van der Waals surface area contributed by atoms with Gasteiger partial charge < -0.3 is 4.74 Å². The first kappa shape index (κ1) is 23.8. The number of fused-ring (bicyclic) bond motifs is 1. The highest BCUT2D eigenvalue weighted by Crippen LogP contribution is 2.39. The Hall–Kier alpha value is -2.35. The number of hydrogen-bond donors (Lipinski definition) is 1. The minimum absolute atomic E-state index is 0.0735. The summed E-state index contributed by atoms with van der Waals surface area (Å²) in [6.07, 6.45) is 5.68. The second-order valence-corrected chi connectivity index (χ2v) is 11.1. The number of anilines is 2. The van der Waals surface area contributed by atoms with Crippen LogP contribution >= 0.6 is 0 Å². The fraction of sp³-hybridized carbons (Fsp3) is 0.462. The second-order valence-electron chi connectivity index (χ2n) is 9.20. The molecule has 0 spiro atoms. The third-order valence-electron chi connectivity index (χ3n) is 6.31. The zero-order valence-electron chi connectivity index (χ0n) is 19.8. The molecule has 178 valence electrons. The van der Waals surface area contributed by atoms with E-state index in [1.165, 1.54) is 9.87 Å². The zero-order valence-corrected chi connectivity index (χ0v) is 20.6. The molecule has 0 bridgehead atoms. The van der Waals surface area contributed by atoms with Crippen LogP contribution in [-0.4, -0.2) is 27.8 Å². The van der Waals surface area contributed by atoms with Crippen molar-refractivity contribution in [1.29, 1.82) is 0 Å². The van der Waals surface area contributed by atoms with Crippen molar-refractivity contribution in [2.45, 2.75) is 63.6 Å². The monoisotopic (exact) mass is 469 g/mol. The predicted octanol–water partition coefficient (Wildman–Crippen LogP) is 5.18. The number of benzene rings is 2. The standard InChI is InChI=1S/C26H35N3O3S/c1-5-20-10-12-21(13-11-20)28(18-19(3)4)33(30,31)22-14-15-23-24(6-2)27-29(25(23)17-22)26-9-7-8-16-32-26/h6,10-15,17,19,24,26-27H,2,5,7-9,16,18H2,1,3-4H3. The van der Waals surface area contributed by atoms with Gasteiger partial charge in [-0.1, -0.05) is 45.0 Å². The minimum Gasteiger partial charge on any atom is -0.357 e. The molecule has 2 unspecified atom stereocenters.